The number of hydrogen-bond donors (Lipinski definition) is 2. The molecule has 2 rings (SSSR count). The number of nitrogens with zero attached hydrogens (tertiary/aromatic N) is 1. The zero-order chi connectivity index (χ0) is 13.0. The topological polar surface area (TPSA) is 63.8 Å². The average Bonchev–Trinajstić information content (AvgIpc) is 2.69. The molecule has 0 fully saturated rings. The fourth-order valence-corrected chi connectivity index (χ4v) is 2.30. The van der Waals surface area contributed by atoms with Crippen LogP contribution in [0.15, 0.2) is 39.7 Å². The van der Waals surface area contributed by atoms with Crippen LogP contribution >= 0.6 is 15.9 Å². The first-order chi connectivity index (χ1) is 8.70. The third-order valence-electron chi connectivity index (χ3n) is 2.79. The average molecular weight is 310 g/mol. The maximum absolute atomic E-state index is 12.0. The van der Waals surface area contributed by atoms with Crippen LogP contribution in [0.5, 0.6) is 0 Å². The summed E-state index contributed by atoms with van der Waals surface area (Å²) in [5.74, 6) is 0. The monoisotopic (exact) mass is 309 g/mol. The lowest BCUT2D eigenvalue weighted by Gasteiger charge is -2.02. The molecule has 0 radical (unpaired) electrons. The van der Waals surface area contributed by atoms with Gasteiger partial charge in [0, 0.05) is 16.2 Å². The highest BCUT2D eigenvalue weighted by Gasteiger charge is 2.06. The quantitative estimate of drug-likeness (QED) is 0.885. The lowest BCUT2D eigenvalue weighted by Crippen LogP contribution is -2.20. The van der Waals surface area contributed by atoms with E-state index < -0.39 is 0 Å². The van der Waals surface area contributed by atoms with Gasteiger partial charge < -0.3 is 10.8 Å². The Balaban J connectivity index is 2.15. The van der Waals surface area contributed by atoms with Gasteiger partial charge in [-0.1, -0.05) is 28.1 Å². The summed E-state index contributed by atoms with van der Waals surface area (Å²) in [7, 11) is 0. The van der Waals surface area contributed by atoms with E-state index >= 15 is 0 Å². The third-order valence-corrected chi connectivity index (χ3v) is 3.29. The van der Waals surface area contributed by atoms with Gasteiger partial charge in [-0.15, -0.1) is 0 Å². The molecule has 0 aliphatic heterocycles. The van der Waals surface area contributed by atoms with Crippen molar-refractivity contribution >= 4 is 15.9 Å². The van der Waals surface area contributed by atoms with Gasteiger partial charge in [0.2, 0.25) is 0 Å². The van der Waals surface area contributed by atoms with Crippen molar-refractivity contribution in [3.05, 3.63) is 56.4 Å². The first kappa shape index (κ1) is 13.1. The van der Waals surface area contributed by atoms with Crippen molar-refractivity contribution in [1.82, 2.24) is 9.78 Å². The fourth-order valence-electron chi connectivity index (χ4n) is 1.86. The summed E-state index contributed by atoms with van der Waals surface area (Å²) < 4.78 is 2.64. The van der Waals surface area contributed by atoms with E-state index in [4.69, 9.17) is 5.73 Å². The summed E-state index contributed by atoms with van der Waals surface area (Å²) in [6, 6.07) is 7.93. The number of benzene rings is 1. The maximum Gasteiger partial charge on any atom is 0.269 e. The molecule has 0 aliphatic rings. The van der Waals surface area contributed by atoms with Crippen LogP contribution in [0.1, 0.15) is 17.5 Å². The van der Waals surface area contributed by atoms with Crippen LogP contribution < -0.4 is 11.3 Å². The van der Waals surface area contributed by atoms with Crippen molar-refractivity contribution in [3.8, 4) is 0 Å². The number of halogens is 1. The Morgan fingerprint density at radius 1 is 1.39 bits per heavy atom. The molecule has 0 spiro atoms. The molecule has 18 heavy (non-hydrogen) atoms. The molecule has 0 saturated heterocycles. The minimum atomic E-state index is 0.0448. The summed E-state index contributed by atoms with van der Waals surface area (Å²) in [5.41, 5.74) is 7.38. The Bertz CT molecular complexity index is 574. The smallest absolute Gasteiger partial charge is 0.269 e. The second kappa shape index (κ2) is 6.02. The highest BCUT2D eigenvalue weighted by molar-refractivity contribution is 9.10. The Labute approximate surface area is 114 Å². The van der Waals surface area contributed by atoms with Crippen molar-refractivity contribution < 1.29 is 0 Å². The van der Waals surface area contributed by atoms with Gasteiger partial charge in [-0.3, -0.25) is 4.79 Å². The largest absolute Gasteiger partial charge is 0.330 e. The third kappa shape index (κ3) is 3.11. The number of hydrogen-bond acceptors (Lipinski definition) is 2. The SMILES string of the molecule is NCCCc1c[nH]n(Cc2cccc(Br)c2)c1=O. The molecule has 96 valence electrons. The van der Waals surface area contributed by atoms with Crippen LogP contribution in [-0.2, 0) is 13.0 Å². The van der Waals surface area contributed by atoms with E-state index in [0.717, 1.165) is 28.4 Å². The Morgan fingerprint density at radius 3 is 2.94 bits per heavy atom. The molecule has 5 heteroatoms. The lowest BCUT2D eigenvalue weighted by molar-refractivity contribution is 0.661. The molecule has 0 amide bonds. The summed E-state index contributed by atoms with van der Waals surface area (Å²) >= 11 is 3.42. The van der Waals surface area contributed by atoms with Gasteiger partial charge in [0.25, 0.3) is 5.56 Å². The van der Waals surface area contributed by atoms with Gasteiger partial charge in [-0.25, -0.2) is 4.68 Å². The molecule has 0 bridgehead atoms. The first-order valence-electron chi connectivity index (χ1n) is 5.92. The van der Waals surface area contributed by atoms with E-state index in [1.54, 1.807) is 10.9 Å². The standard InChI is InChI=1S/C13H16BrN3O/c14-12-5-1-3-10(7-12)9-17-13(18)11(8-16-17)4-2-6-15/h1,3,5,7-8,16H,2,4,6,9,15H2. The van der Waals surface area contributed by atoms with Crippen molar-refractivity contribution in [2.75, 3.05) is 6.54 Å². The number of aromatic nitrogens is 2. The number of H-pyrrole nitrogens is 1. The van der Waals surface area contributed by atoms with Gasteiger partial charge >= 0.3 is 0 Å². The number of nitrogens with two attached hydrogens (primary N) is 1. The maximum atomic E-state index is 12.0. The molecule has 0 aliphatic carbocycles. The summed E-state index contributed by atoms with van der Waals surface area (Å²) in [4.78, 5) is 12.0. The van der Waals surface area contributed by atoms with E-state index in [-0.39, 0.29) is 5.56 Å². The molecule has 0 atom stereocenters. The molecule has 4 nitrogen and oxygen atoms in total. The van der Waals surface area contributed by atoms with Crippen LogP contribution in [0, 0.1) is 0 Å². The molecule has 0 unspecified atom stereocenters. The molecule has 0 saturated carbocycles. The molecule has 3 N–H and O–H groups in total. The molecular weight excluding hydrogens is 294 g/mol. The second-order valence-electron chi connectivity index (χ2n) is 4.21. The predicted octanol–water partition coefficient (Wildman–Crippen LogP) is 1.88. The van der Waals surface area contributed by atoms with E-state index in [9.17, 15) is 4.79 Å². The predicted molar refractivity (Wildman–Crippen MR) is 75.7 cm³/mol. The molecule has 1 aromatic carbocycles. The van der Waals surface area contributed by atoms with Gasteiger partial charge in [0.15, 0.2) is 0 Å². The van der Waals surface area contributed by atoms with E-state index in [1.165, 1.54) is 0 Å². The van der Waals surface area contributed by atoms with Crippen LogP contribution in [-0.4, -0.2) is 16.3 Å². The van der Waals surface area contributed by atoms with Gasteiger partial charge in [-0.05, 0) is 37.1 Å². The van der Waals surface area contributed by atoms with E-state index in [0.29, 0.717) is 13.1 Å². The van der Waals surface area contributed by atoms with E-state index in [2.05, 4.69) is 21.0 Å². The van der Waals surface area contributed by atoms with Crippen molar-refractivity contribution in [2.45, 2.75) is 19.4 Å². The number of nitrogens with one attached hydrogen (secondary N) is 1. The zero-order valence-corrected chi connectivity index (χ0v) is 11.6. The summed E-state index contributed by atoms with van der Waals surface area (Å²) in [6.07, 6.45) is 3.34. The zero-order valence-electron chi connectivity index (χ0n) is 10.0. The highest BCUT2D eigenvalue weighted by atomic mass is 79.9. The van der Waals surface area contributed by atoms with Crippen LogP contribution in [0.2, 0.25) is 0 Å². The van der Waals surface area contributed by atoms with Crippen LogP contribution in [0.3, 0.4) is 0 Å². The molecule has 2 aromatic rings. The molecule has 1 aromatic heterocycles. The van der Waals surface area contributed by atoms with Crippen LogP contribution in [0.25, 0.3) is 0 Å². The normalized spacial score (nSPS) is 10.8. The van der Waals surface area contributed by atoms with Gasteiger partial charge in [-0.2, -0.15) is 0 Å². The number of rotatable bonds is 5. The Kier molecular flexibility index (Phi) is 4.38. The lowest BCUT2D eigenvalue weighted by atomic mass is 10.2. The van der Waals surface area contributed by atoms with Gasteiger partial charge in [0.1, 0.15) is 0 Å². The van der Waals surface area contributed by atoms with Crippen molar-refractivity contribution in [2.24, 2.45) is 5.73 Å². The molecule has 1 heterocycles. The van der Waals surface area contributed by atoms with Crippen molar-refractivity contribution in [3.63, 3.8) is 0 Å². The first-order valence-corrected chi connectivity index (χ1v) is 6.71. The minimum Gasteiger partial charge on any atom is -0.330 e. The summed E-state index contributed by atoms with van der Waals surface area (Å²) in [5, 5.41) is 3.00. The van der Waals surface area contributed by atoms with E-state index in [1.807, 2.05) is 24.3 Å². The number of aryl methyl sites for hydroxylation is 1. The molecular formula is C13H16BrN3O. The Hall–Kier alpha value is -1.33. The highest BCUT2D eigenvalue weighted by Crippen LogP contribution is 2.12. The second-order valence-corrected chi connectivity index (χ2v) is 5.13. The minimum absolute atomic E-state index is 0.0448. The number of aromatic amines is 1. The van der Waals surface area contributed by atoms with Crippen molar-refractivity contribution in [1.29, 1.82) is 0 Å². The Morgan fingerprint density at radius 2 is 2.22 bits per heavy atom. The summed E-state index contributed by atoms with van der Waals surface area (Å²) in [6.45, 7) is 1.16. The van der Waals surface area contributed by atoms with Gasteiger partial charge in [0.05, 0.1) is 6.54 Å². The van der Waals surface area contributed by atoms with Crippen LogP contribution in [0.4, 0.5) is 0 Å². The fraction of sp³-hybridized carbons (Fsp3) is 0.308.